The number of benzene rings is 2. The number of hydrogen-bond donors (Lipinski definition) is 1. The van der Waals surface area contributed by atoms with Crippen LogP contribution in [0.15, 0.2) is 48.5 Å². The summed E-state index contributed by atoms with van der Waals surface area (Å²) >= 11 is 0. The molecule has 148 valence electrons. The van der Waals surface area contributed by atoms with Gasteiger partial charge < -0.3 is 10.0 Å². The molecule has 28 heavy (non-hydrogen) atoms. The molecule has 1 aromatic heterocycles. The average molecular weight is 390 g/mol. The van der Waals surface area contributed by atoms with Gasteiger partial charge in [-0.15, -0.1) is 5.10 Å². The number of halogens is 3. The quantitative estimate of drug-likeness (QED) is 0.743. The third-order valence-electron chi connectivity index (χ3n) is 5.10. The van der Waals surface area contributed by atoms with E-state index in [2.05, 4.69) is 9.80 Å². The largest absolute Gasteiger partial charge is 0.416 e. The second-order valence-corrected chi connectivity index (χ2v) is 6.85. The van der Waals surface area contributed by atoms with Crippen LogP contribution < -0.4 is 4.90 Å². The lowest BCUT2D eigenvalue weighted by Gasteiger charge is -2.34. The fourth-order valence-electron chi connectivity index (χ4n) is 3.60. The van der Waals surface area contributed by atoms with Crippen LogP contribution in [0, 0.1) is 0 Å². The molecule has 3 aromatic rings. The zero-order chi connectivity index (χ0) is 19.7. The summed E-state index contributed by atoms with van der Waals surface area (Å²) in [5.41, 5.74) is 0.775. The Hall–Kier alpha value is -2.58. The van der Waals surface area contributed by atoms with Gasteiger partial charge in [-0.2, -0.15) is 13.2 Å². The van der Waals surface area contributed by atoms with Gasteiger partial charge in [0.15, 0.2) is 5.82 Å². The maximum Gasteiger partial charge on any atom is 0.416 e. The first-order chi connectivity index (χ1) is 13.5. The number of aliphatic hydroxyl groups is 1. The topological polar surface area (TPSA) is 44.5 Å². The summed E-state index contributed by atoms with van der Waals surface area (Å²) in [5.74, 6) is 0.833. The Kier molecular flexibility index (Phi) is 4.99. The molecule has 1 fully saturated rings. The molecule has 1 saturated heterocycles. The highest BCUT2D eigenvalue weighted by atomic mass is 19.4. The van der Waals surface area contributed by atoms with Crippen molar-refractivity contribution < 1.29 is 18.3 Å². The lowest BCUT2D eigenvalue weighted by atomic mass is 10.2. The Morgan fingerprint density at radius 3 is 2.25 bits per heavy atom. The number of para-hydroxylation sites is 1. The maximum atomic E-state index is 12.9. The Morgan fingerprint density at radius 1 is 0.929 bits per heavy atom. The van der Waals surface area contributed by atoms with Crippen LogP contribution in [0.1, 0.15) is 5.56 Å². The van der Waals surface area contributed by atoms with Crippen molar-refractivity contribution >= 4 is 16.7 Å². The van der Waals surface area contributed by atoms with Gasteiger partial charge in [0.25, 0.3) is 0 Å². The van der Waals surface area contributed by atoms with Gasteiger partial charge in [0, 0.05) is 38.1 Å². The van der Waals surface area contributed by atoms with Crippen LogP contribution in [-0.4, -0.2) is 59.1 Å². The van der Waals surface area contributed by atoms with Crippen LogP contribution >= 0.6 is 0 Å². The van der Waals surface area contributed by atoms with Crippen molar-refractivity contribution in [3.8, 4) is 5.69 Å². The predicted molar refractivity (Wildman–Crippen MR) is 102 cm³/mol. The van der Waals surface area contributed by atoms with E-state index in [1.807, 2.05) is 24.3 Å². The monoisotopic (exact) mass is 390 g/mol. The van der Waals surface area contributed by atoms with Crippen molar-refractivity contribution in [2.75, 3.05) is 44.2 Å². The highest BCUT2D eigenvalue weighted by molar-refractivity contribution is 5.91. The molecule has 1 N–H and O–H groups in total. The third-order valence-corrected chi connectivity index (χ3v) is 5.10. The van der Waals surface area contributed by atoms with Gasteiger partial charge in [-0.1, -0.05) is 12.1 Å². The second kappa shape index (κ2) is 7.44. The molecule has 5 nitrogen and oxygen atoms in total. The van der Waals surface area contributed by atoms with Crippen molar-refractivity contribution in [3.63, 3.8) is 0 Å². The van der Waals surface area contributed by atoms with E-state index in [-0.39, 0.29) is 6.61 Å². The molecule has 0 bridgehead atoms. The molecule has 2 aromatic carbocycles. The van der Waals surface area contributed by atoms with E-state index in [4.69, 9.17) is 10.2 Å². The molecular formula is C20H21F3N4O. The van der Waals surface area contributed by atoms with Crippen molar-refractivity contribution in [1.29, 1.82) is 0 Å². The number of piperazine rings is 1. The minimum atomic E-state index is -4.36. The molecule has 0 spiro atoms. The summed E-state index contributed by atoms with van der Waals surface area (Å²) in [4.78, 5) is 4.39. The maximum absolute atomic E-state index is 12.9. The van der Waals surface area contributed by atoms with Crippen molar-refractivity contribution in [1.82, 2.24) is 14.7 Å². The van der Waals surface area contributed by atoms with Crippen molar-refractivity contribution in [3.05, 3.63) is 54.1 Å². The summed E-state index contributed by atoms with van der Waals surface area (Å²) in [5, 5.41) is 14.8. The second-order valence-electron chi connectivity index (χ2n) is 6.85. The highest BCUT2D eigenvalue weighted by Gasteiger charge is 2.30. The minimum Gasteiger partial charge on any atom is -0.395 e. The zero-order valence-electron chi connectivity index (χ0n) is 15.2. The molecule has 1 aliphatic heterocycles. The zero-order valence-corrected chi connectivity index (χ0v) is 15.2. The van der Waals surface area contributed by atoms with Crippen LogP contribution in [0.4, 0.5) is 19.0 Å². The number of anilines is 1. The van der Waals surface area contributed by atoms with Crippen LogP contribution in [0.3, 0.4) is 0 Å². The molecule has 0 saturated carbocycles. The highest BCUT2D eigenvalue weighted by Crippen LogP contribution is 2.32. The van der Waals surface area contributed by atoms with Crippen LogP contribution in [0.2, 0.25) is 0 Å². The van der Waals surface area contributed by atoms with Gasteiger partial charge in [0.1, 0.15) is 0 Å². The summed E-state index contributed by atoms with van der Waals surface area (Å²) in [6.45, 7) is 4.05. The number of fused-ring (bicyclic) bond motifs is 1. The van der Waals surface area contributed by atoms with E-state index in [0.29, 0.717) is 12.2 Å². The summed E-state index contributed by atoms with van der Waals surface area (Å²) in [7, 11) is 0. The van der Waals surface area contributed by atoms with E-state index >= 15 is 0 Å². The molecule has 2 heterocycles. The molecule has 0 aliphatic carbocycles. The SMILES string of the molecule is OCCN1CCN(c2nn(-c3ccc(C(F)(F)F)cc3)c3ccccc23)CC1. The first-order valence-corrected chi connectivity index (χ1v) is 9.21. The third kappa shape index (κ3) is 3.57. The first kappa shape index (κ1) is 18.8. The number of β-amino-alcohol motifs (C(OH)–C–C–N with tert-alkyl or cyclic N) is 1. The fourth-order valence-corrected chi connectivity index (χ4v) is 3.60. The molecule has 0 amide bonds. The molecule has 0 atom stereocenters. The number of aromatic nitrogens is 2. The molecule has 0 radical (unpaired) electrons. The molecule has 0 unspecified atom stereocenters. The van der Waals surface area contributed by atoms with Gasteiger partial charge in [0.2, 0.25) is 0 Å². The minimum absolute atomic E-state index is 0.144. The Labute approximate surface area is 160 Å². The Balaban J connectivity index is 1.68. The van der Waals surface area contributed by atoms with Gasteiger partial charge in [-0.25, -0.2) is 4.68 Å². The van der Waals surface area contributed by atoms with E-state index < -0.39 is 11.7 Å². The van der Waals surface area contributed by atoms with E-state index in [0.717, 1.165) is 55.0 Å². The van der Waals surface area contributed by atoms with Crippen molar-refractivity contribution in [2.24, 2.45) is 0 Å². The first-order valence-electron chi connectivity index (χ1n) is 9.21. The smallest absolute Gasteiger partial charge is 0.395 e. The molecule has 8 heteroatoms. The summed E-state index contributed by atoms with van der Waals surface area (Å²) in [6.07, 6.45) is -4.36. The fraction of sp³-hybridized carbons (Fsp3) is 0.350. The molecule has 4 rings (SSSR count). The number of alkyl halides is 3. The summed E-state index contributed by atoms with van der Waals surface area (Å²) < 4.78 is 40.3. The number of aliphatic hydroxyl groups excluding tert-OH is 1. The Morgan fingerprint density at radius 2 is 1.61 bits per heavy atom. The predicted octanol–water partition coefficient (Wildman–Crippen LogP) is 3.16. The standard InChI is InChI=1S/C20H21F3N4O/c21-20(22,23)15-5-7-16(8-6-15)27-18-4-2-1-3-17(18)19(24-27)26-11-9-25(10-12-26)13-14-28/h1-8,28H,9-14H2. The van der Waals surface area contributed by atoms with E-state index in [1.54, 1.807) is 4.68 Å². The van der Waals surface area contributed by atoms with E-state index in [9.17, 15) is 13.2 Å². The summed E-state index contributed by atoms with van der Waals surface area (Å²) in [6, 6.07) is 12.8. The van der Waals surface area contributed by atoms with Crippen LogP contribution in [-0.2, 0) is 6.18 Å². The van der Waals surface area contributed by atoms with Crippen LogP contribution in [0.25, 0.3) is 16.6 Å². The average Bonchev–Trinajstić information content (AvgIpc) is 3.08. The van der Waals surface area contributed by atoms with E-state index in [1.165, 1.54) is 12.1 Å². The molecule has 1 aliphatic rings. The lowest BCUT2D eigenvalue weighted by molar-refractivity contribution is -0.137. The van der Waals surface area contributed by atoms with Crippen molar-refractivity contribution in [2.45, 2.75) is 6.18 Å². The van der Waals surface area contributed by atoms with Gasteiger partial charge in [-0.3, -0.25) is 4.90 Å². The van der Waals surface area contributed by atoms with Gasteiger partial charge >= 0.3 is 6.18 Å². The normalized spacial score (nSPS) is 16.1. The Bertz CT molecular complexity index is 944. The molecular weight excluding hydrogens is 369 g/mol. The van der Waals surface area contributed by atoms with Gasteiger partial charge in [-0.05, 0) is 36.4 Å². The number of nitrogens with zero attached hydrogens (tertiary/aromatic N) is 4. The van der Waals surface area contributed by atoms with Crippen LogP contribution in [0.5, 0.6) is 0 Å². The lowest BCUT2D eigenvalue weighted by Crippen LogP contribution is -2.47. The number of hydrogen-bond acceptors (Lipinski definition) is 4. The van der Waals surface area contributed by atoms with Gasteiger partial charge in [0.05, 0.1) is 23.4 Å². The number of rotatable bonds is 4.